The van der Waals surface area contributed by atoms with E-state index in [0.717, 1.165) is 30.2 Å². The normalized spacial score (nSPS) is 11.3. The molecule has 2 aromatic carbocycles. The van der Waals surface area contributed by atoms with Crippen LogP contribution in [0.1, 0.15) is 5.56 Å². The van der Waals surface area contributed by atoms with Crippen molar-refractivity contribution < 1.29 is 22.0 Å². The number of aryl methyl sites for hydroxylation is 1. The van der Waals surface area contributed by atoms with E-state index in [-0.39, 0.29) is 16.6 Å². The van der Waals surface area contributed by atoms with E-state index in [1.54, 1.807) is 13.0 Å². The van der Waals surface area contributed by atoms with Crippen LogP contribution in [0.3, 0.4) is 0 Å². The molecule has 1 amide bonds. The lowest BCUT2D eigenvalue weighted by atomic mass is 10.2. The predicted molar refractivity (Wildman–Crippen MR) is 90.0 cm³/mol. The smallest absolute Gasteiger partial charge is 0.234 e. The summed E-state index contributed by atoms with van der Waals surface area (Å²) >= 11 is 1.05. The second-order valence-corrected chi connectivity index (χ2v) is 8.23. The number of nitrogens with one attached hydrogen (secondary N) is 1. The first-order valence-electron chi connectivity index (χ1n) is 6.85. The van der Waals surface area contributed by atoms with Crippen LogP contribution in [0.25, 0.3) is 0 Å². The number of benzene rings is 2. The summed E-state index contributed by atoms with van der Waals surface area (Å²) in [5, 5.41) is 2.63. The van der Waals surface area contributed by atoms with Gasteiger partial charge in [-0.15, -0.1) is 11.8 Å². The van der Waals surface area contributed by atoms with E-state index in [4.69, 9.17) is 0 Å². The Labute approximate surface area is 143 Å². The first kappa shape index (κ1) is 18.4. The quantitative estimate of drug-likeness (QED) is 0.818. The van der Waals surface area contributed by atoms with Gasteiger partial charge in [0.15, 0.2) is 21.5 Å². The van der Waals surface area contributed by atoms with E-state index >= 15 is 0 Å². The highest BCUT2D eigenvalue weighted by Gasteiger charge is 2.12. The Kier molecular flexibility index (Phi) is 5.61. The second-order valence-electron chi connectivity index (χ2n) is 5.16. The molecule has 0 unspecified atom stereocenters. The summed E-state index contributed by atoms with van der Waals surface area (Å²) in [7, 11) is -3.38. The Balaban J connectivity index is 2.05. The van der Waals surface area contributed by atoms with Gasteiger partial charge >= 0.3 is 0 Å². The largest absolute Gasteiger partial charge is 0.325 e. The fourth-order valence-electron chi connectivity index (χ4n) is 1.87. The highest BCUT2D eigenvalue weighted by molar-refractivity contribution is 8.00. The summed E-state index contributed by atoms with van der Waals surface area (Å²) in [6, 6.07) is 7.86. The molecule has 2 aromatic rings. The topological polar surface area (TPSA) is 63.2 Å². The van der Waals surface area contributed by atoms with Gasteiger partial charge in [0.1, 0.15) is 0 Å². The Morgan fingerprint density at radius 2 is 1.83 bits per heavy atom. The molecule has 8 heteroatoms. The first-order valence-corrected chi connectivity index (χ1v) is 9.73. The average molecular weight is 371 g/mol. The fraction of sp³-hybridized carbons (Fsp3) is 0.188. The van der Waals surface area contributed by atoms with Crippen LogP contribution in [0.5, 0.6) is 0 Å². The minimum Gasteiger partial charge on any atom is -0.325 e. The summed E-state index contributed by atoms with van der Waals surface area (Å²) in [6.07, 6.45) is 1.09. The van der Waals surface area contributed by atoms with Crippen molar-refractivity contribution in [3.8, 4) is 0 Å². The molecule has 0 aliphatic heterocycles. The third kappa shape index (κ3) is 4.78. The van der Waals surface area contributed by atoms with Crippen LogP contribution in [-0.2, 0) is 14.6 Å². The Morgan fingerprint density at radius 3 is 2.46 bits per heavy atom. The average Bonchev–Trinajstić information content (AvgIpc) is 2.49. The van der Waals surface area contributed by atoms with Crippen molar-refractivity contribution >= 4 is 33.2 Å². The van der Waals surface area contributed by atoms with Gasteiger partial charge < -0.3 is 5.32 Å². The van der Waals surface area contributed by atoms with E-state index in [1.807, 2.05) is 0 Å². The van der Waals surface area contributed by atoms with Crippen LogP contribution >= 0.6 is 11.8 Å². The van der Waals surface area contributed by atoms with Gasteiger partial charge in [0.25, 0.3) is 0 Å². The Hall–Kier alpha value is -1.93. The van der Waals surface area contributed by atoms with E-state index in [2.05, 4.69) is 5.32 Å². The molecule has 0 saturated carbocycles. The lowest BCUT2D eigenvalue weighted by Gasteiger charge is -2.10. The maximum atomic E-state index is 13.1. The number of anilines is 1. The highest BCUT2D eigenvalue weighted by Crippen LogP contribution is 2.23. The number of rotatable bonds is 5. The molecule has 0 fully saturated rings. The van der Waals surface area contributed by atoms with Crippen molar-refractivity contribution in [3.05, 3.63) is 53.6 Å². The zero-order chi connectivity index (χ0) is 17.9. The molecule has 0 aliphatic rings. The monoisotopic (exact) mass is 371 g/mol. The minimum atomic E-state index is -3.38. The molecule has 0 spiro atoms. The molecule has 0 atom stereocenters. The van der Waals surface area contributed by atoms with Crippen molar-refractivity contribution in [1.82, 2.24) is 0 Å². The number of carbonyl (C=O) groups excluding carboxylic acids is 1. The number of sulfone groups is 1. The van der Waals surface area contributed by atoms with Crippen LogP contribution in [-0.4, -0.2) is 26.3 Å². The van der Waals surface area contributed by atoms with E-state index in [0.29, 0.717) is 16.1 Å². The van der Waals surface area contributed by atoms with Crippen LogP contribution in [0.2, 0.25) is 0 Å². The minimum absolute atomic E-state index is 0.0202. The molecule has 24 heavy (non-hydrogen) atoms. The summed E-state index contributed by atoms with van der Waals surface area (Å²) in [5.41, 5.74) is 1.11. The van der Waals surface area contributed by atoms with E-state index in [9.17, 15) is 22.0 Å². The molecule has 0 aliphatic carbocycles. The number of hydrogen-bond donors (Lipinski definition) is 1. The molecular formula is C16H15F2NO3S2. The maximum absolute atomic E-state index is 13.1. The predicted octanol–water partition coefficient (Wildman–Crippen LogP) is 3.41. The van der Waals surface area contributed by atoms with Gasteiger partial charge in [0.05, 0.1) is 10.6 Å². The Morgan fingerprint density at radius 1 is 1.12 bits per heavy atom. The standard InChI is InChI=1S/C16H15F2NO3S2/c1-10-3-5-12(24(2,21)22)8-15(10)19-16(20)9-23-11-4-6-13(17)14(18)7-11/h3-8H,9H2,1-2H3,(H,19,20). The molecule has 0 heterocycles. The van der Waals surface area contributed by atoms with Crippen LogP contribution in [0.4, 0.5) is 14.5 Å². The molecule has 4 nitrogen and oxygen atoms in total. The Bertz CT molecular complexity index is 883. The second kappa shape index (κ2) is 7.31. The lowest BCUT2D eigenvalue weighted by molar-refractivity contribution is -0.113. The van der Waals surface area contributed by atoms with Gasteiger partial charge in [-0.25, -0.2) is 17.2 Å². The highest BCUT2D eigenvalue weighted by atomic mass is 32.2. The van der Waals surface area contributed by atoms with Crippen molar-refractivity contribution in [2.24, 2.45) is 0 Å². The van der Waals surface area contributed by atoms with Gasteiger partial charge in [0.2, 0.25) is 5.91 Å². The number of hydrogen-bond acceptors (Lipinski definition) is 4. The maximum Gasteiger partial charge on any atom is 0.234 e. The molecule has 0 bridgehead atoms. The number of amides is 1. The molecule has 0 saturated heterocycles. The summed E-state index contributed by atoms with van der Waals surface area (Å²) < 4.78 is 49.1. The van der Waals surface area contributed by atoms with Crippen LogP contribution in [0.15, 0.2) is 46.2 Å². The third-order valence-corrected chi connectivity index (χ3v) is 5.28. The first-order chi connectivity index (χ1) is 11.2. The van der Waals surface area contributed by atoms with E-state index in [1.165, 1.54) is 18.2 Å². The summed E-state index contributed by atoms with van der Waals surface area (Å²) in [6.45, 7) is 1.74. The van der Waals surface area contributed by atoms with Crippen molar-refractivity contribution in [2.45, 2.75) is 16.7 Å². The third-order valence-electron chi connectivity index (χ3n) is 3.17. The van der Waals surface area contributed by atoms with Crippen molar-refractivity contribution in [1.29, 1.82) is 0 Å². The fourth-order valence-corrected chi connectivity index (χ4v) is 3.24. The van der Waals surface area contributed by atoms with E-state index < -0.39 is 21.5 Å². The number of halogens is 2. The molecular weight excluding hydrogens is 356 g/mol. The lowest BCUT2D eigenvalue weighted by Crippen LogP contribution is -2.15. The zero-order valence-electron chi connectivity index (χ0n) is 13.0. The molecule has 1 N–H and O–H groups in total. The zero-order valence-corrected chi connectivity index (χ0v) is 14.6. The molecule has 2 rings (SSSR count). The van der Waals surface area contributed by atoms with Gasteiger partial charge in [-0.3, -0.25) is 4.79 Å². The van der Waals surface area contributed by atoms with Crippen molar-refractivity contribution in [2.75, 3.05) is 17.3 Å². The number of thioether (sulfide) groups is 1. The molecule has 0 radical (unpaired) electrons. The van der Waals surface area contributed by atoms with Gasteiger partial charge in [-0.05, 0) is 42.8 Å². The molecule has 128 valence electrons. The van der Waals surface area contributed by atoms with Gasteiger partial charge in [-0.1, -0.05) is 6.07 Å². The SMILES string of the molecule is Cc1ccc(S(C)(=O)=O)cc1NC(=O)CSc1ccc(F)c(F)c1. The van der Waals surface area contributed by atoms with Crippen LogP contribution in [0, 0.1) is 18.6 Å². The number of carbonyl (C=O) groups is 1. The summed E-state index contributed by atoms with van der Waals surface area (Å²) in [4.78, 5) is 12.5. The van der Waals surface area contributed by atoms with Gasteiger partial charge in [-0.2, -0.15) is 0 Å². The molecule has 0 aromatic heterocycles. The van der Waals surface area contributed by atoms with Crippen LogP contribution < -0.4 is 5.32 Å². The van der Waals surface area contributed by atoms with Crippen molar-refractivity contribution in [3.63, 3.8) is 0 Å². The summed E-state index contributed by atoms with van der Waals surface area (Å²) in [5.74, 6) is -2.32. The van der Waals surface area contributed by atoms with Gasteiger partial charge in [0, 0.05) is 16.8 Å².